The third kappa shape index (κ3) is 4.90. The van der Waals surface area contributed by atoms with E-state index >= 15 is 0 Å². The molecular formula is C9H22OSi2. The van der Waals surface area contributed by atoms with Crippen LogP contribution in [0.25, 0.3) is 0 Å². The predicted octanol–water partition coefficient (Wildman–Crippen LogP) is 3.27. The van der Waals surface area contributed by atoms with E-state index < -0.39 is 16.4 Å². The summed E-state index contributed by atoms with van der Waals surface area (Å²) in [6, 6.07) is 2.60. The van der Waals surface area contributed by atoms with Crippen molar-refractivity contribution in [2.45, 2.75) is 38.3 Å². The van der Waals surface area contributed by atoms with Crippen molar-refractivity contribution in [2.75, 3.05) is 7.11 Å². The lowest BCUT2D eigenvalue weighted by molar-refractivity contribution is 0.405. The van der Waals surface area contributed by atoms with Crippen molar-refractivity contribution in [1.29, 1.82) is 0 Å². The molecule has 1 nitrogen and oxygen atoms in total. The van der Waals surface area contributed by atoms with Crippen LogP contribution in [0, 0.1) is 0 Å². The van der Waals surface area contributed by atoms with Crippen LogP contribution in [0.15, 0.2) is 12.3 Å². The first-order chi connectivity index (χ1) is 5.33. The second kappa shape index (κ2) is 4.39. The topological polar surface area (TPSA) is 9.23 Å². The van der Waals surface area contributed by atoms with Crippen molar-refractivity contribution in [3.63, 3.8) is 0 Å². The largest absolute Gasteiger partial charge is 0.420 e. The normalized spacial score (nSPS) is 13.1. The Morgan fingerprint density at radius 2 is 1.67 bits per heavy atom. The quantitative estimate of drug-likeness (QED) is 0.622. The molecule has 0 atom stereocenters. The Hall–Kier alpha value is 0.134. The molecule has 0 unspecified atom stereocenters. The molecule has 0 aromatic heterocycles. The molecule has 0 aromatic rings. The van der Waals surface area contributed by atoms with Crippen molar-refractivity contribution >= 4 is 16.4 Å². The molecular weight excluding hydrogens is 180 g/mol. The first kappa shape index (κ1) is 12.1. The lowest BCUT2D eigenvalue weighted by atomic mass is 10.9. The number of hydrogen-bond donors (Lipinski definition) is 0. The first-order valence-electron chi connectivity index (χ1n) is 4.52. The Morgan fingerprint density at radius 1 is 1.17 bits per heavy atom. The van der Waals surface area contributed by atoms with Gasteiger partial charge in [0.2, 0.25) is 0 Å². The fourth-order valence-electron chi connectivity index (χ4n) is 0.827. The lowest BCUT2D eigenvalue weighted by Gasteiger charge is -2.24. The zero-order valence-electron chi connectivity index (χ0n) is 9.11. The molecule has 0 rings (SSSR count). The van der Waals surface area contributed by atoms with E-state index in [2.05, 4.69) is 38.5 Å². The van der Waals surface area contributed by atoms with Crippen molar-refractivity contribution in [1.82, 2.24) is 0 Å². The minimum Gasteiger partial charge on any atom is -0.420 e. The summed E-state index contributed by atoms with van der Waals surface area (Å²) in [6.07, 6.45) is 0. The molecule has 0 saturated carbocycles. The molecule has 0 amide bonds. The Labute approximate surface area is 79.0 Å². The molecule has 0 bridgehead atoms. The smallest absolute Gasteiger partial charge is 0.185 e. The van der Waals surface area contributed by atoms with Crippen molar-refractivity contribution in [3.8, 4) is 0 Å². The lowest BCUT2D eigenvalue weighted by Crippen LogP contribution is -2.32. The van der Waals surface area contributed by atoms with Gasteiger partial charge in [0.1, 0.15) is 0 Å². The standard InChI is InChI=1S/C9H22OSi2/c1-7-11(3,4)8-9-12(5,6)10-2/h7H,1,8-9H2,2-6H3. The van der Waals surface area contributed by atoms with E-state index in [0.717, 1.165) is 0 Å². The van der Waals surface area contributed by atoms with Crippen LogP contribution in [-0.2, 0) is 4.43 Å². The molecule has 0 aliphatic carbocycles. The summed E-state index contributed by atoms with van der Waals surface area (Å²) in [5, 5.41) is 0. The van der Waals surface area contributed by atoms with E-state index in [9.17, 15) is 0 Å². The van der Waals surface area contributed by atoms with Crippen LogP contribution in [0.4, 0.5) is 0 Å². The third-order valence-electron chi connectivity index (χ3n) is 2.48. The summed E-state index contributed by atoms with van der Waals surface area (Å²) in [6.45, 7) is 13.2. The van der Waals surface area contributed by atoms with Crippen LogP contribution >= 0.6 is 0 Å². The van der Waals surface area contributed by atoms with Gasteiger partial charge in [0.05, 0.1) is 8.07 Å². The highest BCUT2D eigenvalue weighted by atomic mass is 28.4. The van der Waals surface area contributed by atoms with E-state index in [0.29, 0.717) is 0 Å². The van der Waals surface area contributed by atoms with E-state index in [4.69, 9.17) is 4.43 Å². The number of rotatable bonds is 5. The molecule has 0 spiro atoms. The van der Waals surface area contributed by atoms with Crippen LogP contribution in [-0.4, -0.2) is 23.5 Å². The van der Waals surface area contributed by atoms with Gasteiger partial charge in [-0.05, 0) is 19.1 Å². The van der Waals surface area contributed by atoms with Crippen LogP contribution in [0.5, 0.6) is 0 Å². The molecule has 0 fully saturated rings. The van der Waals surface area contributed by atoms with Crippen LogP contribution in [0.1, 0.15) is 0 Å². The molecule has 0 radical (unpaired) electrons. The van der Waals surface area contributed by atoms with Gasteiger partial charge in [-0.1, -0.05) is 19.1 Å². The maximum absolute atomic E-state index is 5.50. The Bertz CT molecular complexity index is 153. The zero-order chi connectivity index (χ0) is 9.83. The molecule has 0 heterocycles. The molecule has 12 heavy (non-hydrogen) atoms. The minimum atomic E-state index is -1.32. The maximum Gasteiger partial charge on any atom is 0.185 e. The highest BCUT2D eigenvalue weighted by Gasteiger charge is 2.25. The second-order valence-corrected chi connectivity index (χ2v) is 14.0. The third-order valence-corrected chi connectivity index (χ3v) is 8.18. The van der Waals surface area contributed by atoms with E-state index in [1.165, 1.54) is 12.1 Å². The summed E-state index contributed by atoms with van der Waals surface area (Å²) in [4.78, 5) is 0. The molecule has 0 aliphatic heterocycles. The summed E-state index contributed by atoms with van der Waals surface area (Å²) in [5.41, 5.74) is 2.17. The van der Waals surface area contributed by atoms with Gasteiger partial charge in [-0.25, -0.2) is 0 Å². The molecule has 0 aromatic carbocycles. The Morgan fingerprint density at radius 3 is 2.00 bits per heavy atom. The molecule has 0 N–H and O–H groups in total. The minimum absolute atomic E-state index is 1.08. The van der Waals surface area contributed by atoms with Gasteiger partial charge < -0.3 is 4.43 Å². The summed E-state index contributed by atoms with van der Waals surface area (Å²) in [7, 11) is -0.559. The predicted molar refractivity (Wildman–Crippen MR) is 61.8 cm³/mol. The zero-order valence-corrected chi connectivity index (χ0v) is 11.1. The molecule has 72 valence electrons. The summed E-state index contributed by atoms with van der Waals surface area (Å²) < 4.78 is 5.50. The summed E-state index contributed by atoms with van der Waals surface area (Å²) in [5.74, 6) is 0. The maximum atomic E-state index is 5.50. The van der Waals surface area contributed by atoms with Gasteiger partial charge in [0.15, 0.2) is 8.32 Å². The average Bonchev–Trinajstić information content (AvgIpc) is 2.02. The van der Waals surface area contributed by atoms with Gasteiger partial charge >= 0.3 is 0 Å². The van der Waals surface area contributed by atoms with Gasteiger partial charge in [0, 0.05) is 7.11 Å². The second-order valence-electron chi connectivity index (χ2n) is 4.66. The average molecular weight is 202 g/mol. The van der Waals surface area contributed by atoms with Gasteiger partial charge in [0.25, 0.3) is 0 Å². The molecule has 0 aliphatic rings. The van der Waals surface area contributed by atoms with Gasteiger partial charge in [-0.15, -0.1) is 12.3 Å². The highest BCUT2D eigenvalue weighted by molar-refractivity contribution is 6.84. The van der Waals surface area contributed by atoms with E-state index in [1.54, 1.807) is 0 Å². The first-order valence-corrected chi connectivity index (χ1v) is 10.9. The fourth-order valence-corrected chi connectivity index (χ4v) is 6.22. The SMILES string of the molecule is C=C[Si](C)(C)CC[Si](C)(C)OC. The van der Waals surface area contributed by atoms with Gasteiger partial charge in [-0.2, -0.15) is 0 Å². The van der Waals surface area contributed by atoms with Crippen molar-refractivity contribution < 1.29 is 4.43 Å². The van der Waals surface area contributed by atoms with E-state index in [-0.39, 0.29) is 0 Å². The highest BCUT2D eigenvalue weighted by Crippen LogP contribution is 2.20. The Kier molecular flexibility index (Phi) is 4.44. The fraction of sp³-hybridized carbons (Fsp3) is 0.778. The van der Waals surface area contributed by atoms with Gasteiger partial charge in [-0.3, -0.25) is 0 Å². The molecule has 0 saturated heterocycles. The Balaban J connectivity index is 3.90. The monoisotopic (exact) mass is 202 g/mol. The van der Waals surface area contributed by atoms with E-state index in [1.807, 2.05) is 7.11 Å². The van der Waals surface area contributed by atoms with Crippen LogP contribution < -0.4 is 0 Å². The van der Waals surface area contributed by atoms with Crippen molar-refractivity contribution in [2.24, 2.45) is 0 Å². The van der Waals surface area contributed by atoms with Crippen LogP contribution in [0.3, 0.4) is 0 Å². The summed E-state index contributed by atoms with van der Waals surface area (Å²) >= 11 is 0. The van der Waals surface area contributed by atoms with Crippen LogP contribution in [0.2, 0.25) is 38.3 Å². The molecule has 3 heteroatoms. The number of hydrogen-bond acceptors (Lipinski definition) is 1. The van der Waals surface area contributed by atoms with Crippen molar-refractivity contribution in [3.05, 3.63) is 12.3 Å².